The van der Waals surface area contributed by atoms with E-state index in [9.17, 15) is 14.4 Å². The molecule has 160 valence electrons. The van der Waals surface area contributed by atoms with E-state index in [0.29, 0.717) is 33.9 Å². The number of rotatable bonds is 7. The minimum absolute atomic E-state index is 0.0601. The SMILES string of the molecule is CCn1c(SCC(=O)NN2C(=O)NC(C)(c3ccccc3)C2=O)nnc1-c1ccco1. The standard InChI is InChI=1S/C20H20N6O4S/c1-3-25-16(14-10-7-11-30-14)22-23-19(25)31-12-15(27)24-26-17(28)20(2,21-18(26)29)13-8-5-4-6-9-13/h4-11H,3,12H2,1-2H3,(H,21,29)(H,24,27). The van der Waals surface area contributed by atoms with Gasteiger partial charge in [0.05, 0.1) is 12.0 Å². The number of imide groups is 1. The number of hydrogen-bond acceptors (Lipinski definition) is 7. The van der Waals surface area contributed by atoms with Gasteiger partial charge in [0, 0.05) is 6.54 Å². The number of aromatic nitrogens is 3. The Bertz CT molecular complexity index is 1110. The summed E-state index contributed by atoms with van der Waals surface area (Å²) in [5.41, 5.74) is 1.76. The zero-order valence-corrected chi connectivity index (χ0v) is 17.7. The Hall–Kier alpha value is -3.60. The lowest BCUT2D eigenvalue weighted by Gasteiger charge is -2.22. The van der Waals surface area contributed by atoms with Crippen LogP contribution in [0, 0.1) is 0 Å². The fourth-order valence-corrected chi connectivity index (χ4v) is 4.06. The maximum atomic E-state index is 12.9. The molecule has 1 aromatic carbocycles. The fourth-order valence-electron chi connectivity index (χ4n) is 3.26. The minimum Gasteiger partial charge on any atom is -0.461 e. The molecule has 1 atom stereocenters. The molecule has 4 rings (SSSR count). The maximum absolute atomic E-state index is 12.9. The summed E-state index contributed by atoms with van der Waals surface area (Å²) in [7, 11) is 0. The summed E-state index contributed by atoms with van der Waals surface area (Å²) >= 11 is 1.15. The van der Waals surface area contributed by atoms with Crippen LogP contribution in [0.25, 0.3) is 11.6 Å². The second-order valence-corrected chi connectivity index (χ2v) is 7.86. The Morgan fingerprint density at radius 3 is 2.65 bits per heavy atom. The molecule has 1 aliphatic heterocycles. The first-order valence-electron chi connectivity index (χ1n) is 9.55. The molecule has 0 radical (unpaired) electrons. The topological polar surface area (TPSA) is 122 Å². The average Bonchev–Trinajstić information content (AvgIpc) is 3.49. The number of hydrogen-bond donors (Lipinski definition) is 2. The van der Waals surface area contributed by atoms with Gasteiger partial charge in [-0.25, -0.2) is 4.79 Å². The molecule has 0 bridgehead atoms. The highest BCUT2D eigenvalue weighted by molar-refractivity contribution is 7.99. The highest BCUT2D eigenvalue weighted by Crippen LogP contribution is 2.28. The summed E-state index contributed by atoms with van der Waals surface area (Å²) in [6.07, 6.45) is 1.55. The minimum atomic E-state index is -1.25. The molecule has 31 heavy (non-hydrogen) atoms. The third-order valence-corrected chi connectivity index (χ3v) is 5.85. The van der Waals surface area contributed by atoms with Crippen LogP contribution in [0.2, 0.25) is 0 Å². The van der Waals surface area contributed by atoms with Crippen LogP contribution in [0.3, 0.4) is 0 Å². The van der Waals surface area contributed by atoms with Gasteiger partial charge in [-0.1, -0.05) is 42.1 Å². The predicted octanol–water partition coefficient (Wildman–Crippen LogP) is 2.15. The number of carbonyl (C=O) groups excluding carboxylic acids is 3. The predicted molar refractivity (Wildman–Crippen MR) is 111 cm³/mol. The number of nitrogens with one attached hydrogen (secondary N) is 2. The van der Waals surface area contributed by atoms with Crippen molar-refractivity contribution >= 4 is 29.6 Å². The van der Waals surface area contributed by atoms with Crippen LogP contribution in [0.5, 0.6) is 0 Å². The third kappa shape index (κ3) is 3.79. The Balaban J connectivity index is 1.42. The zero-order chi connectivity index (χ0) is 22.0. The zero-order valence-electron chi connectivity index (χ0n) is 16.9. The summed E-state index contributed by atoms with van der Waals surface area (Å²) < 4.78 is 7.19. The van der Waals surface area contributed by atoms with Crippen molar-refractivity contribution in [3.05, 3.63) is 54.3 Å². The molecule has 3 aromatic rings. The molecule has 4 amide bonds. The molecule has 11 heteroatoms. The van der Waals surface area contributed by atoms with E-state index >= 15 is 0 Å². The van der Waals surface area contributed by atoms with Crippen LogP contribution in [0.4, 0.5) is 4.79 Å². The first kappa shape index (κ1) is 20.7. The summed E-state index contributed by atoms with van der Waals surface area (Å²) in [4.78, 5) is 37.7. The van der Waals surface area contributed by atoms with E-state index in [1.807, 2.05) is 17.6 Å². The van der Waals surface area contributed by atoms with Crippen LogP contribution in [0.1, 0.15) is 19.4 Å². The summed E-state index contributed by atoms with van der Waals surface area (Å²) in [6.45, 7) is 4.11. The molecule has 2 N–H and O–H groups in total. The molecule has 1 saturated heterocycles. The molecule has 0 aliphatic carbocycles. The highest BCUT2D eigenvalue weighted by Gasteiger charge is 2.49. The van der Waals surface area contributed by atoms with Gasteiger partial charge in [0.2, 0.25) is 5.91 Å². The number of hydrazine groups is 1. The number of amides is 4. The Morgan fingerprint density at radius 1 is 1.19 bits per heavy atom. The number of thioether (sulfide) groups is 1. The lowest BCUT2D eigenvalue weighted by Crippen LogP contribution is -2.48. The summed E-state index contributed by atoms with van der Waals surface area (Å²) in [5, 5.41) is 12.1. The Morgan fingerprint density at radius 2 is 1.97 bits per heavy atom. The van der Waals surface area contributed by atoms with Crippen molar-refractivity contribution in [3.8, 4) is 11.6 Å². The Kier molecular flexibility index (Phi) is 5.51. The van der Waals surface area contributed by atoms with Crippen LogP contribution < -0.4 is 10.7 Å². The average molecular weight is 440 g/mol. The second-order valence-electron chi connectivity index (χ2n) is 6.91. The van der Waals surface area contributed by atoms with Gasteiger partial charge in [-0.15, -0.1) is 10.2 Å². The largest absolute Gasteiger partial charge is 0.461 e. The van der Waals surface area contributed by atoms with Gasteiger partial charge in [-0.3, -0.25) is 19.6 Å². The van der Waals surface area contributed by atoms with Gasteiger partial charge >= 0.3 is 6.03 Å². The van der Waals surface area contributed by atoms with Gasteiger partial charge in [-0.2, -0.15) is 5.01 Å². The lowest BCUT2D eigenvalue weighted by atomic mass is 9.92. The second kappa shape index (κ2) is 8.26. The first-order chi connectivity index (χ1) is 14.9. The fraction of sp³-hybridized carbons (Fsp3) is 0.250. The van der Waals surface area contributed by atoms with Crippen molar-refractivity contribution in [2.24, 2.45) is 0 Å². The quantitative estimate of drug-likeness (QED) is 0.426. The van der Waals surface area contributed by atoms with Crippen molar-refractivity contribution in [3.63, 3.8) is 0 Å². The van der Waals surface area contributed by atoms with Crippen LogP contribution >= 0.6 is 11.8 Å². The maximum Gasteiger partial charge on any atom is 0.344 e. The molecule has 0 spiro atoms. The number of urea groups is 1. The molecule has 1 fully saturated rings. The number of benzene rings is 1. The monoisotopic (exact) mass is 440 g/mol. The molecule has 2 aromatic heterocycles. The van der Waals surface area contributed by atoms with Gasteiger partial charge in [0.25, 0.3) is 5.91 Å². The van der Waals surface area contributed by atoms with E-state index in [1.165, 1.54) is 0 Å². The van der Waals surface area contributed by atoms with Gasteiger partial charge in [0.15, 0.2) is 16.7 Å². The normalized spacial score (nSPS) is 18.3. The molecule has 3 heterocycles. The van der Waals surface area contributed by atoms with Crippen molar-refractivity contribution in [1.82, 2.24) is 30.5 Å². The summed E-state index contributed by atoms with van der Waals surface area (Å²) in [5.74, 6) is -0.00159. The van der Waals surface area contributed by atoms with E-state index in [1.54, 1.807) is 49.6 Å². The van der Waals surface area contributed by atoms with Crippen molar-refractivity contribution in [2.45, 2.75) is 31.1 Å². The van der Waals surface area contributed by atoms with Gasteiger partial charge < -0.3 is 9.73 Å². The smallest absolute Gasteiger partial charge is 0.344 e. The number of furan rings is 1. The molecule has 0 saturated carbocycles. The Labute approximate surface area is 182 Å². The molecule has 1 unspecified atom stereocenters. The highest BCUT2D eigenvalue weighted by atomic mass is 32.2. The molecular weight excluding hydrogens is 420 g/mol. The van der Waals surface area contributed by atoms with Crippen LogP contribution in [-0.2, 0) is 21.7 Å². The number of nitrogens with zero attached hydrogens (tertiary/aromatic N) is 4. The van der Waals surface area contributed by atoms with Crippen molar-refractivity contribution in [1.29, 1.82) is 0 Å². The number of carbonyl (C=O) groups is 3. The first-order valence-corrected chi connectivity index (χ1v) is 10.5. The van der Waals surface area contributed by atoms with Crippen molar-refractivity contribution in [2.75, 3.05) is 5.75 Å². The van der Waals surface area contributed by atoms with Crippen LogP contribution in [0.15, 0.2) is 58.3 Å². The molecular formula is C20H20N6O4S. The van der Waals surface area contributed by atoms with E-state index in [2.05, 4.69) is 20.9 Å². The van der Waals surface area contributed by atoms with E-state index < -0.39 is 23.4 Å². The third-order valence-electron chi connectivity index (χ3n) is 4.89. The van der Waals surface area contributed by atoms with E-state index in [4.69, 9.17) is 4.42 Å². The molecule has 10 nitrogen and oxygen atoms in total. The summed E-state index contributed by atoms with van der Waals surface area (Å²) in [6, 6.07) is 11.7. The lowest BCUT2D eigenvalue weighted by molar-refractivity contribution is -0.138. The van der Waals surface area contributed by atoms with Gasteiger partial charge in [-0.05, 0) is 31.5 Å². The van der Waals surface area contributed by atoms with Gasteiger partial charge in [0.1, 0.15) is 5.54 Å². The molecule has 1 aliphatic rings. The van der Waals surface area contributed by atoms with E-state index in [0.717, 1.165) is 11.8 Å². The van der Waals surface area contributed by atoms with E-state index in [-0.39, 0.29) is 5.75 Å². The van der Waals surface area contributed by atoms with Crippen molar-refractivity contribution < 1.29 is 18.8 Å². The van der Waals surface area contributed by atoms with Crippen LogP contribution in [-0.4, -0.2) is 43.4 Å².